The normalized spacial score (nSPS) is 11.8. The molecular weight excluding hydrogens is 395 g/mol. The predicted molar refractivity (Wildman–Crippen MR) is 99.9 cm³/mol. The number of nitrogens with zero attached hydrogens (tertiary/aromatic N) is 2. The smallest absolute Gasteiger partial charge is 0.383 e. The number of thiophene rings is 1. The van der Waals surface area contributed by atoms with Gasteiger partial charge in [0.2, 0.25) is 0 Å². The number of methoxy groups -OCH3 is 1. The highest BCUT2D eigenvalue weighted by Crippen LogP contribution is 2.31. The maximum Gasteiger partial charge on any atom is 0.416 e. The Kier molecular flexibility index (Phi) is 5.52. The van der Waals surface area contributed by atoms with E-state index in [1.807, 2.05) is 0 Å². The Bertz CT molecular complexity index is 1070. The summed E-state index contributed by atoms with van der Waals surface area (Å²) in [4.78, 5) is 30.1. The zero-order valence-corrected chi connectivity index (χ0v) is 15.8. The topological polar surface area (TPSA) is 73.2 Å². The number of aromatic nitrogens is 2. The molecule has 10 heteroatoms. The summed E-state index contributed by atoms with van der Waals surface area (Å²) in [5.74, 6) is -0.511. The lowest BCUT2D eigenvalue weighted by atomic mass is 10.2. The van der Waals surface area contributed by atoms with Crippen LogP contribution in [-0.2, 0) is 17.5 Å². The standard InChI is InChI=1S/C18H16F3N3O3S/c1-10-13-16(22-9-24(17(13)26)7-8-27-2)28-14(10)15(25)23-12-5-3-11(4-6-12)18(19,20)21/h3-6,9H,7-8H2,1-2H3,(H,23,25). The first kappa shape index (κ1) is 20.0. The van der Waals surface area contributed by atoms with Crippen molar-refractivity contribution in [2.24, 2.45) is 0 Å². The van der Waals surface area contributed by atoms with Gasteiger partial charge in [0.1, 0.15) is 4.83 Å². The highest BCUT2D eigenvalue weighted by atomic mass is 32.1. The van der Waals surface area contributed by atoms with E-state index in [4.69, 9.17) is 4.74 Å². The first-order valence-corrected chi connectivity index (χ1v) is 9.00. The predicted octanol–water partition coefficient (Wildman–Crippen LogP) is 3.68. The second-order valence-electron chi connectivity index (χ2n) is 6.00. The monoisotopic (exact) mass is 411 g/mol. The fraction of sp³-hybridized carbons (Fsp3) is 0.278. The number of carbonyl (C=O) groups is 1. The van der Waals surface area contributed by atoms with Gasteiger partial charge in [0.05, 0.1) is 35.3 Å². The number of anilines is 1. The van der Waals surface area contributed by atoms with Crippen LogP contribution in [0.25, 0.3) is 10.2 Å². The molecular formula is C18H16F3N3O3S. The molecule has 3 aromatic rings. The van der Waals surface area contributed by atoms with Gasteiger partial charge in [-0.1, -0.05) is 0 Å². The number of amides is 1. The molecule has 2 heterocycles. The van der Waals surface area contributed by atoms with Crippen LogP contribution < -0.4 is 10.9 Å². The number of hydrogen-bond acceptors (Lipinski definition) is 5. The van der Waals surface area contributed by atoms with Crippen LogP contribution in [-0.4, -0.2) is 29.2 Å². The molecule has 148 valence electrons. The molecule has 0 aliphatic carbocycles. The van der Waals surface area contributed by atoms with Gasteiger partial charge in [0.15, 0.2) is 0 Å². The molecule has 28 heavy (non-hydrogen) atoms. The number of hydrogen-bond donors (Lipinski definition) is 1. The summed E-state index contributed by atoms with van der Waals surface area (Å²) in [5.41, 5.74) is -0.372. The molecule has 6 nitrogen and oxygen atoms in total. The van der Waals surface area contributed by atoms with E-state index in [-0.39, 0.29) is 16.1 Å². The van der Waals surface area contributed by atoms with Crippen molar-refractivity contribution >= 4 is 33.1 Å². The molecule has 0 spiro atoms. The first-order valence-electron chi connectivity index (χ1n) is 8.18. The number of rotatable bonds is 5. The second kappa shape index (κ2) is 7.72. The van der Waals surface area contributed by atoms with E-state index < -0.39 is 17.6 Å². The van der Waals surface area contributed by atoms with Crippen molar-refractivity contribution in [1.82, 2.24) is 9.55 Å². The Morgan fingerprint density at radius 2 is 1.96 bits per heavy atom. The minimum Gasteiger partial charge on any atom is -0.383 e. The van der Waals surface area contributed by atoms with Crippen molar-refractivity contribution in [3.63, 3.8) is 0 Å². The van der Waals surface area contributed by atoms with Gasteiger partial charge in [0.25, 0.3) is 11.5 Å². The molecule has 3 rings (SSSR count). The Balaban J connectivity index is 1.89. The van der Waals surface area contributed by atoms with Crippen molar-refractivity contribution in [1.29, 1.82) is 0 Å². The van der Waals surface area contributed by atoms with Crippen molar-refractivity contribution in [2.45, 2.75) is 19.6 Å². The van der Waals surface area contributed by atoms with E-state index >= 15 is 0 Å². The Morgan fingerprint density at radius 1 is 1.29 bits per heavy atom. The molecule has 1 amide bonds. The van der Waals surface area contributed by atoms with Gasteiger partial charge in [0, 0.05) is 12.8 Å². The van der Waals surface area contributed by atoms with E-state index in [0.717, 1.165) is 23.5 Å². The summed E-state index contributed by atoms with van der Waals surface area (Å²) < 4.78 is 44.3. The zero-order chi connectivity index (χ0) is 20.5. The average molecular weight is 411 g/mol. The van der Waals surface area contributed by atoms with Gasteiger partial charge >= 0.3 is 6.18 Å². The van der Waals surface area contributed by atoms with Gasteiger partial charge in [-0.15, -0.1) is 11.3 Å². The average Bonchev–Trinajstić information content (AvgIpc) is 2.98. The van der Waals surface area contributed by atoms with Gasteiger partial charge in [-0.2, -0.15) is 13.2 Å². The SMILES string of the molecule is COCCn1cnc2sc(C(=O)Nc3ccc(C(F)(F)F)cc3)c(C)c2c1=O. The Morgan fingerprint density at radius 3 is 2.57 bits per heavy atom. The minimum absolute atomic E-state index is 0.223. The molecule has 2 aromatic heterocycles. The minimum atomic E-state index is -4.45. The van der Waals surface area contributed by atoms with Gasteiger partial charge in [-0.05, 0) is 36.8 Å². The van der Waals surface area contributed by atoms with Crippen molar-refractivity contribution in [2.75, 3.05) is 19.0 Å². The fourth-order valence-electron chi connectivity index (χ4n) is 2.66. The van der Waals surface area contributed by atoms with Crippen LogP contribution in [0.2, 0.25) is 0 Å². The number of ether oxygens (including phenoxy) is 1. The number of fused-ring (bicyclic) bond motifs is 1. The number of carbonyl (C=O) groups excluding carboxylic acids is 1. The lowest BCUT2D eigenvalue weighted by Gasteiger charge is -2.08. The molecule has 0 aliphatic rings. The summed E-state index contributed by atoms with van der Waals surface area (Å²) in [5, 5.41) is 2.90. The number of alkyl halides is 3. The van der Waals surface area contributed by atoms with Crippen LogP contribution in [0.15, 0.2) is 35.4 Å². The Labute approximate surface area is 161 Å². The first-order chi connectivity index (χ1) is 13.2. The third kappa shape index (κ3) is 3.92. The van der Waals surface area contributed by atoms with Crippen LogP contribution in [0.1, 0.15) is 20.8 Å². The third-order valence-electron chi connectivity index (χ3n) is 4.13. The van der Waals surface area contributed by atoms with E-state index in [1.54, 1.807) is 6.92 Å². The number of halogens is 3. The highest BCUT2D eigenvalue weighted by Gasteiger charge is 2.30. The number of aryl methyl sites for hydroxylation is 1. The number of nitrogens with one attached hydrogen (secondary N) is 1. The van der Waals surface area contributed by atoms with E-state index in [0.29, 0.717) is 28.9 Å². The Hall–Kier alpha value is -2.72. The highest BCUT2D eigenvalue weighted by molar-refractivity contribution is 7.20. The molecule has 0 bridgehead atoms. The van der Waals surface area contributed by atoms with Crippen LogP contribution in [0.4, 0.5) is 18.9 Å². The molecule has 1 aromatic carbocycles. The van der Waals surface area contributed by atoms with Crippen molar-refractivity contribution in [3.05, 3.63) is 57.0 Å². The summed E-state index contributed by atoms with van der Waals surface area (Å²) in [6, 6.07) is 4.14. The molecule has 0 radical (unpaired) electrons. The van der Waals surface area contributed by atoms with Gasteiger partial charge < -0.3 is 10.1 Å². The molecule has 0 unspecified atom stereocenters. The molecule has 1 N–H and O–H groups in total. The lowest BCUT2D eigenvalue weighted by molar-refractivity contribution is -0.137. The van der Waals surface area contributed by atoms with Gasteiger partial charge in [-0.25, -0.2) is 4.98 Å². The van der Waals surface area contributed by atoms with E-state index in [2.05, 4.69) is 10.3 Å². The van der Waals surface area contributed by atoms with Crippen LogP contribution in [0.5, 0.6) is 0 Å². The van der Waals surface area contributed by atoms with E-state index in [1.165, 1.54) is 30.1 Å². The third-order valence-corrected chi connectivity index (χ3v) is 5.33. The summed E-state index contributed by atoms with van der Waals surface area (Å²) in [6.07, 6.45) is -3.05. The maximum atomic E-state index is 12.6. The van der Waals surface area contributed by atoms with Gasteiger partial charge in [-0.3, -0.25) is 14.2 Å². The molecule has 0 fully saturated rings. The largest absolute Gasteiger partial charge is 0.416 e. The summed E-state index contributed by atoms with van der Waals surface area (Å²) in [6.45, 7) is 2.32. The van der Waals surface area contributed by atoms with Crippen LogP contribution in [0, 0.1) is 6.92 Å². The maximum absolute atomic E-state index is 12.6. The number of benzene rings is 1. The van der Waals surface area contributed by atoms with Crippen molar-refractivity contribution in [3.8, 4) is 0 Å². The van der Waals surface area contributed by atoms with Crippen LogP contribution >= 0.6 is 11.3 Å². The molecule has 0 saturated heterocycles. The second-order valence-corrected chi connectivity index (χ2v) is 7.00. The summed E-state index contributed by atoms with van der Waals surface area (Å²) >= 11 is 1.06. The summed E-state index contributed by atoms with van der Waals surface area (Å²) in [7, 11) is 1.52. The fourth-order valence-corrected chi connectivity index (χ4v) is 3.69. The van der Waals surface area contributed by atoms with E-state index in [9.17, 15) is 22.8 Å². The lowest BCUT2D eigenvalue weighted by Crippen LogP contribution is -2.22. The molecule has 0 atom stereocenters. The molecule has 0 aliphatic heterocycles. The van der Waals surface area contributed by atoms with Crippen LogP contribution in [0.3, 0.4) is 0 Å². The zero-order valence-electron chi connectivity index (χ0n) is 15.0. The quantitative estimate of drug-likeness (QED) is 0.695. The molecule has 0 saturated carbocycles. The van der Waals surface area contributed by atoms with Crippen molar-refractivity contribution < 1.29 is 22.7 Å².